The van der Waals surface area contributed by atoms with Gasteiger partial charge in [0.1, 0.15) is 5.52 Å². The number of benzene rings is 1. The summed E-state index contributed by atoms with van der Waals surface area (Å²) in [6, 6.07) is 5.48. The van der Waals surface area contributed by atoms with Crippen molar-refractivity contribution >= 4 is 28.3 Å². The van der Waals surface area contributed by atoms with E-state index in [1.807, 2.05) is 36.9 Å². The number of rotatable bonds is 3. The molecule has 0 radical (unpaired) electrons. The number of carbonyl (C=O) groups is 1. The Morgan fingerprint density at radius 1 is 1.38 bits per heavy atom. The molecular formula is C18H19N3O2S. The van der Waals surface area contributed by atoms with Gasteiger partial charge in [-0.1, -0.05) is 0 Å². The van der Waals surface area contributed by atoms with Crippen LogP contribution in [0, 0.1) is 19.8 Å². The number of likely N-dealkylation sites (tertiary alicyclic amines) is 1. The number of aromatic nitrogens is 2. The first-order valence-electron chi connectivity index (χ1n) is 8.16. The standard InChI is InChI=1S/C18H19N3O2S/c1-11-10-24-17(19-11)7-13-5-6-21(9-13)18(22)14-3-4-16-15(8-14)20-12(2)23-16/h3-4,8,10,13H,5-7,9H2,1-2H3. The summed E-state index contributed by atoms with van der Waals surface area (Å²) in [5.41, 5.74) is 3.23. The Bertz CT molecular complexity index is 899. The monoisotopic (exact) mass is 341 g/mol. The summed E-state index contributed by atoms with van der Waals surface area (Å²) in [4.78, 5) is 23.5. The van der Waals surface area contributed by atoms with Crippen LogP contribution in [-0.4, -0.2) is 33.9 Å². The molecule has 0 bridgehead atoms. The highest BCUT2D eigenvalue weighted by Gasteiger charge is 2.28. The molecule has 6 heteroatoms. The van der Waals surface area contributed by atoms with E-state index in [0.717, 1.165) is 42.7 Å². The summed E-state index contributed by atoms with van der Waals surface area (Å²) in [6.45, 7) is 5.44. The Labute approximate surface area is 144 Å². The van der Waals surface area contributed by atoms with Gasteiger partial charge in [-0.3, -0.25) is 4.79 Å². The van der Waals surface area contributed by atoms with Crippen molar-refractivity contribution in [3.63, 3.8) is 0 Å². The van der Waals surface area contributed by atoms with Crippen molar-refractivity contribution < 1.29 is 9.21 Å². The first-order chi connectivity index (χ1) is 11.6. The van der Waals surface area contributed by atoms with Crippen LogP contribution in [-0.2, 0) is 6.42 Å². The maximum absolute atomic E-state index is 12.8. The topological polar surface area (TPSA) is 59.2 Å². The molecule has 1 fully saturated rings. The normalized spacial score (nSPS) is 17.8. The molecule has 5 nitrogen and oxygen atoms in total. The molecule has 1 saturated heterocycles. The molecule has 124 valence electrons. The lowest BCUT2D eigenvalue weighted by atomic mass is 10.1. The Morgan fingerprint density at radius 2 is 2.25 bits per heavy atom. The summed E-state index contributed by atoms with van der Waals surface area (Å²) in [5, 5.41) is 3.26. The van der Waals surface area contributed by atoms with Gasteiger partial charge in [0.25, 0.3) is 5.91 Å². The lowest BCUT2D eigenvalue weighted by Crippen LogP contribution is -2.28. The highest BCUT2D eigenvalue weighted by molar-refractivity contribution is 7.09. The third kappa shape index (κ3) is 2.94. The van der Waals surface area contributed by atoms with Crippen molar-refractivity contribution in [3.05, 3.63) is 45.7 Å². The van der Waals surface area contributed by atoms with Crippen LogP contribution in [0.1, 0.15) is 33.4 Å². The van der Waals surface area contributed by atoms with Crippen molar-refractivity contribution in [1.82, 2.24) is 14.9 Å². The van der Waals surface area contributed by atoms with E-state index < -0.39 is 0 Å². The lowest BCUT2D eigenvalue weighted by Gasteiger charge is -2.16. The average molecular weight is 341 g/mol. The van der Waals surface area contributed by atoms with Gasteiger partial charge in [0.2, 0.25) is 0 Å². The quantitative estimate of drug-likeness (QED) is 0.730. The van der Waals surface area contributed by atoms with Gasteiger partial charge in [-0.05, 0) is 37.5 Å². The first kappa shape index (κ1) is 15.3. The van der Waals surface area contributed by atoms with Crippen LogP contribution in [0.25, 0.3) is 11.1 Å². The van der Waals surface area contributed by atoms with E-state index in [4.69, 9.17) is 4.42 Å². The minimum Gasteiger partial charge on any atom is -0.441 e. The van der Waals surface area contributed by atoms with Crippen molar-refractivity contribution in [2.45, 2.75) is 26.7 Å². The summed E-state index contributed by atoms with van der Waals surface area (Å²) in [6.07, 6.45) is 2.00. The predicted octanol–water partition coefficient (Wildman–Crippen LogP) is 3.61. The number of hydrogen-bond acceptors (Lipinski definition) is 5. The lowest BCUT2D eigenvalue weighted by molar-refractivity contribution is 0.0787. The van der Waals surface area contributed by atoms with Crippen LogP contribution in [0.5, 0.6) is 0 Å². The molecule has 1 aliphatic heterocycles. The van der Waals surface area contributed by atoms with Gasteiger partial charge in [0.05, 0.1) is 5.01 Å². The zero-order chi connectivity index (χ0) is 16.7. The fourth-order valence-corrected chi connectivity index (χ4v) is 4.17. The van der Waals surface area contributed by atoms with E-state index in [9.17, 15) is 4.79 Å². The number of hydrogen-bond donors (Lipinski definition) is 0. The minimum absolute atomic E-state index is 0.0790. The van der Waals surface area contributed by atoms with Gasteiger partial charge < -0.3 is 9.32 Å². The molecule has 1 aromatic carbocycles. The van der Waals surface area contributed by atoms with Crippen molar-refractivity contribution in [2.24, 2.45) is 5.92 Å². The van der Waals surface area contributed by atoms with Crippen LogP contribution in [0.3, 0.4) is 0 Å². The fraction of sp³-hybridized carbons (Fsp3) is 0.389. The molecule has 1 unspecified atom stereocenters. The molecular weight excluding hydrogens is 322 g/mol. The van der Waals surface area contributed by atoms with Gasteiger partial charge >= 0.3 is 0 Å². The predicted molar refractivity (Wildman–Crippen MR) is 93.3 cm³/mol. The molecule has 2 aromatic heterocycles. The summed E-state index contributed by atoms with van der Waals surface area (Å²) >= 11 is 1.71. The average Bonchev–Trinajstić information content (AvgIpc) is 3.26. The van der Waals surface area contributed by atoms with E-state index in [0.29, 0.717) is 17.4 Å². The summed E-state index contributed by atoms with van der Waals surface area (Å²) in [7, 11) is 0. The maximum atomic E-state index is 12.8. The second kappa shape index (κ2) is 6.02. The highest BCUT2D eigenvalue weighted by atomic mass is 32.1. The number of amides is 1. The van der Waals surface area contributed by atoms with Crippen LogP contribution in [0.2, 0.25) is 0 Å². The van der Waals surface area contributed by atoms with Crippen LogP contribution in [0.4, 0.5) is 0 Å². The van der Waals surface area contributed by atoms with Crippen molar-refractivity contribution in [2.75, 3.05) is 13.1 Å². The van der Waals surface area contributed by atoms with E-state index in [1.165, 1.54) is 5.01 Å². The molecule has 1 atom stereocenters. The molecule has 3 aromatic rings. The zero-order valence-electron chi connectivity index (χ0n) is 13.8. The highest BCUT2D eigenvalue weighted by Crippen LogP contribution is 2.25. The number of nitrogens with zero attached hydrogens (tertiary/aromatic N) is 3. The number of fused-ring (bicyclic) bond motifs is 1. The maximum Gasteiger partial charge on any atom is 0.253 e. The molecule has 0 N–H and O–H groups in total. The van der Waals surface area contributed by atoms with Crippen molar-refractivity contribution in [1.29, 1.82) is 0 Å². The molecule has 24 heavy (non-hydrogen) atoms. The van der Waals surface area contributed by atoms with Gasteiger partial charge in [-0.25, -0.2) is 9.97 Å². The number of carbonyl (C=O) groups excluding carboxylic acids is 1. The zero-order valence-corrected chi connectivity index (χ0v) is 14.6. The molecule has 0 spiro atoms. The molecule has 3 heterocycles. The Hall–Kier alpha value is -2.21. The molecule has 1 amide bonds. The second-order valence-electron chi connectivity index (χ2n) is 6.41. The Kier molecular flexibility index (Phi) is 3.84. The largest absolute Gasteiger partial charge is 0.441 e. The number of thiazole rings is 1. The van der Waals surface area contributed by atoms with Crippen LogP contribution < -0.4 is 0 Å². The SMILES string of the molecule is Cc1csc(CC2CCN(C(=O)c3ccc4oc(C)nc4c3)C2)n1. The van der Waals surface area contributed by atoms with Gasteiger partial charge in [-0.15, -0.1) is 11.3 Å². The third-order valence-electron chi connectivity index (χ3n) is 4.44. The Balaban J connectivity index is 1.46. The van der Waals surface area contributed by atoms with Crippen LogP contribution in [0.15, 0.2) is 28.0 Å². The first-order valence-corrected chi connectivity index (χ1v) is 9.04. The second-order valence-corrected chi connectivity index (χ2v) is 7.35. The van der Waals surface area contributed by atoms with E-state index in [-0.39, 0.29) is 5.91 Å². The summed E-state index contributed by atoms with van der Waals surface area (Å²) < 4.78 is 5.47. The van der Waals surface area contributed by atoms with E-state index >= 15 is 0 Å². The van der Waals surface area contributed by atoms with Gasteiger partial charge in [0, 0.05) is 43.1 Å². The molecule has 4 rings (SSSR count). The molecule has 0 aliphatic carbocycles. The molecule has 1 aliphatic rings. The van der Waals surface area contributed by atoms with E-state index in [2.05, 4.69) is 15.3 Å². The smallest absolute Gasteiger partial charge is 0.253 e. The van der Waals surface area contributed by atoms with Crippen molar-refractivity contribution in [3.8, 4) is 0 Å². The number of aryl methyl sites for hydroxylation is 2. The van der Waals surface area contributed by atoms with Gasteiger partial charge in [-0.2, -0.15) is 0 Å². The third-order valence-corrected chi connectivity index (χ3v) is 5.43. The number of oxazole rings is 1. The summed E-state index contributed by atoms with van der Waals surface area (Å²) in [5.74, 6) is 1.20. The van der Waals surface area contributed by atoms with Crippen LogP contribution >= 0.6 is 11.3 Å². The fourth-order valence-electron chi connectivity index (χ4n) is 3.29. The minimum atomic E-state index is 0.0790. The molecule has 0 saturated carbocycles. The Morgan fingerprint density at radius 3 is 3.04 bits per heavy atom. The van der Waals surface area contributed by atoms with E-state index in [1.54, 1.807) is 11.3 Å². The van der Waals surface area contributed by atoms with Gasteiger partial charge in [0.15, 0.2) is 11.5 Å².